The van der Waals surface area contributed by atoms with Gasteiger partial charge in [-0.05, 0) is 19.3 Å². The molecule has 0 unspecified atom stereocenters. The molecule has 2 nitrogen and oxygen atoms in total. The molecule has 1 aliphatic rings. The Morgan fingerprint density at radius 3 is 2.53 bits per heavy atom. The molecule has 3 heteroatoms. The van der Waals surface area contributed by atoms with Gasteiger partial charge < -0.3 is 5.73 Å². The van der Waals surface area contributed by atoms with Crippen molar-refractivity contribution >= 4 is 11.3 Å². The maximum atomic E-state index is 6.50. The average Bonchev–Trinajstić information content (AvgIpc) is 2.63. The number of hydrogen-bond donors (Lipinski definition) is 1. The minimum Gasteiger partial charge on any atom is -0.319 e. The van der Waals surface area contributed by atoms with Crippen LogP contribution in [-0.4, -0.2) is 4.98 Å². The number of nitrogens with two attached hydrogens (primary N) is 1. The van der Waals surface area contributed by atoms with Crippen molar-refractivity contribution in [1.82, 2.24) is 4.98 Å². The van der Waals surface area contributed by atoms with Crippen molar-refractivity contribution in [3.8, 4) is 0 Å². The molecule has 2 rings (SSSR count). The van der Waals surface area contributed by atoms with Crippen molar-refractivity contribution in [2.24, 2.45) is 5.73 Å². The molecule has 0 spiro atoms. The lowest BCUT2D eigenvalue weighted by Gasteiger charge is -2.25. The van der Waals surface area contributed by atoms with Gasteiger partial charge in [-0.1, -0.05) is 32.6 Å². The van der Waals surface area contributed by atoms with Crippen LogP contribution in [0.3, 0.4) is 0 Å². The highest BCUT2D eigenvalue weighted by Gasteiger charge is 2.31. The van der Waals surface area contributed by atoms with Crippen molar-refractivity contribution < 1.29 is 0 Å². The molecule has 1 aliphatic carbocycles. The van der Waals surface area contributed by atoms with Gasteiger partial charge in [-0.3, -0.25) is 0 Å². The molecule has 1 aromatic rings. The zero-order chi connectivity index (χ0) is 10.7. The second kappa shape index (κ2) is 4.62. The normalized spacial score (nSPS) is 21.2. The molecule has 0 radical (unpaired) electrons. The van der Waals surface area contributed by atoms with E-state index in [0.717, 1.165) is 19.3 Å². The van der Waals surface area contributed by atoms with Gasteiger partial charge in [-0.15, -0.1) is 11.3 Å². The monoisotopic (exact) mass is 224 g/mol. The molecule has 1 aromatic heterocycles. The van der Waals surface area contributed by atoms with E-state index in [4.69, 9.17) is 5.73 Å². The molecule has 15 heavy (non-hydrogen) atoms. The number of nitrogens with zero attached hydrogens (tertiary/aromatic N) is 1. The van der Waals surface area contributed by atoms with Crippen LogP contribution in [0.25, 0.3) is 0 Å². The SMILES string of the molecule is CCc1cnc(C2(N)CCCCCC2)s1. The fraction of sp³-hybridized carbons (Fsp3) is 0.750. The van der Waals surface area contributed by atoms with E-state index in [1.165, 1.54) is 35.6 Å². The summed E-state index contributed by atoms with van der Waals surface area (Å²) < 4.78 is 0. The van der Waals surface area contributed by atoms with Crippen LogP contribution < -0.4 is 5.73 Å². The molecule has 1 saturated carbocycles. The quantitative estimate of drug-likeness (QED) is 0.783. The van der Waals surface area contributed by atoms with Gasteiger partial charge in [0, 0.05) is 11.1 Å². The van der Waals surface area contributed by atoms with E-state index >= 15 is 0 Å². The first kappa shape index (κ1) is 11.1. The van der Waals surface area contributed by atoms with Crippen LogP contribution in [-0.2, 0) is 12.0 Å². The van der Waals surface area contributed by atoms with E-state index in [0.29, 0.717) is 0 Å². The minimum atomic E-state index is -0.116. The van der Waals surface area contributed by atoms with E-state index in [2.05, 4.69) is 11.9 Å². The summed E-state index contributed by atoms with van der Waals surface area (Å²) in [6.45, 7) is 2.17. The van der Waals surface area contributed by atoms with Crippen molar-refractivity contribution in [2.45, 2.75) is 57.4 Å². The molecule has 0 amide bonds. The van der Waals surface area contributed by atoms with Gasteiger partial charge >= 0.3 is 0 Å². The Balaban J connectivity index is 2.18. The second-order valence-corrected chi connectivity index (χ2v) is 5.67. The molecular formula is C12H20N2S. The van der Waals surface area contributed by atoms with Crippen LogP contribution in [0.15, 0.2) is 6.20 Å². The van der Waals surface area contributed by atoms with Crippen molar-refractivity contribution in [3.05, 3.63) is 16.1 Å². The summed E-state index contributed by atoms with van der Waals surface area (Å²) in [5, 5.41) is 1.17. The maximum Gasteiger partial charge on any atom is 0.113 e. The number of thiazole rings is 1. The first-order valence-corrected chi connectivity index (χ1v) is 6.80. The summed E-state index contributed by atoms with van der Waals surface area (Å²) in [6.07, 6.45) is 10.5. The fourth-order valence-corrected chi connectivity index (χ4v) is 3.29. The smallest absolute Gasteiger partial charge is 0.113 e. The number of hydrogen-bond acceptors (Lipinski definition) is 3. The van der Waals surface area contributed by atoms with Crippen molar-refractivity contribution in [1.29, 1.82) is 0 Å². The first-order chi connectivity index (χ1) is 7.24. The lowest BCUT2D eigenvalue weighted by Crippen LogP contribution is -2.35. The van der Waals surface area contributed by atoms with E-state index < -0.39 is 0 Å². The van der Waals surface area contributed by atoms with E-state index in [-0.39, 0.29) is 5.54 Å². The van der Waals surface area contributed by atoms with Crippen molar-refractivity contribution in [2.75, 3.05) is 0 Å². The second-order valence-electron chi connectivity index (χ2n) is 4.56. The first-order valence-electron chi connectivity index (χ1n) is 5.99. The van der Waals surface area contributed by atoms with Gasteiger partial charge in [-0.2, -0.15) is 0 Å². The summed E-state index contributed by atoms with van der Waals surface area (Å²) in [4.78, 5) is 5.88. The molecule has 0 aliphatic heterocycles. The number of aryl methyl sites for hydroxylation is 1. The molecule has 0 saturated heterocycles. The molecular weight excluding hydrogens is 204 g/mol. The Hall–Kier alpha value is -0.410. The highest BCUT2D eigenvalue weighted by molar-refractivity contribution is 7.11. The van der Waals surface area contributed by atoms with Crippen LogP contribution in [0.1, 0.15) is 55.3 Å². The molecule has 1 fully saturated rings. The predicted molar refractivity (Wildman–Crippen MR) is 65.1 cm³/mol. The Labute approximate surface area is 95.9 Å². The largest absolute Gasteiger partial charge is 0.319 e. The third kappa shape index (κ3) is 2.40. The van der Waals surface area contributed by atoms with Gasteiger partial charge in [0.2, 0.25) is 0 Å². The topological polar surface area (TPSA) is 38.9 Å². The minimum absolute atomic E-state index is 0.116. The molecule has 1 heterocycles. The summed E-state index contributed by atoms with van der Waals surface area (Å²) in [5.41, 5.74) is 6.38. The van der Waals surface area contributed by atoms with Crippen LogP contribution >= 0.6 is 11.3 Å². The van der Waals surface area contributed by atoms with Gasteiger partial charge in [-0.25, -0.2) is 4.98 Å². The zero-order valence-electron chi connectivity index (χ0n) is 9.46. The number of rotatable bonds is 2. The van der Waals surface area contributed by atoms with E-state index in [9.17, 15) is 0 Å². The van der Waals surface area contributed by atoms with Crippen LogP contribution in [0.5, 0.6) is 0 Å². The Morgan fingerprint density at radius 2 is 2.00 bits per heavy atom. The van der Waals surface area contributed by atoms with Gasteiger partial charge in [0.1, 0.15) is 5.01 Å². The highest BCUT2D eigenvalue weighted by atomic mass is 32.1. The zero-order valence-corrected chi connectivity index (χ0v) is 10.3. The van der Waals surface area contributed by atoms with Gasteiger partial charge in [0.05, 0.1) is 5.54 Å². The van der Waals surface area contributed by atoms with Gasteiger partial charge in [0.15, 0.2) is 0 Å². The molecule has 2 N–H and O–H groups in total. The number of aromatic nitrogens is 1. The third-order valence-corrected chi connectivity index (χ3v) is 4.69. The average molecular weight is 224 g/mol. The van der Waals surface area contributed by atoms with E-state index in [1.807, 2.05) is 17.5 Å². The Morgan fingerprint density at radius 1 is 1.33 bits per heavy atom. The predicted octanol–water partition coefficient (Wildman–Crippen LogP) is 3.21. The summed E-state index contributed by atoms with van der Waals surface area (Å²) >= 11 is 1.81. The Kier molecular flexibility index (Phi) is 3.42. The molecule has 0 atom stereocenters. The van der Waals surface area contributed by atoms with Gasteiger partial charge in [0.25, 0.3) is 0 Å². The van der Waals surface area contributed by atoms with Crippen LogP contribution in [0.2, 0.25) is 0 Å². The fourth-order valence-electron chi connectivity index (χ4n) is 2.27. The summed E-state index contributed by atoms with van der Waals surface area (Å²) in [7, 11) is 0. The van der Waals surface area contributed by atoms with Crippen LogP contribution in [0.4, 0.5) is 0 Å². The maximum absolute atomic E-state index is 6.50. The highest BCUT2D eigenvalue weighted by Crippen LogP contribution is 2.35. The molecule has 0 bridgehead atoms. The summed E-state index contributed by atoms with van der Waals surface area (Å²) in [6, 6.07) is 0. The Bertz CT molecular complexity index is 311. The van der Waals surface area contributed by atoms with Crippen LogP contribution in [0, 0.1) is 0 Å². The molecule has 84 valence electrons. The lowest BCUT2D eigenvalue weighted by atomic mass is 9.92. The summed E-state index contributed by atoms with van der Waals surface area (Å²) in [5.74, 6) is 0. The van der Waals surface area contributed by atoms with E-state index in [1.54, 1.807) is 0 Å². The van der Waals surface area contributed by atoms with Crippen molar-refractivity contribution in [3.63, 3.8) is 0 Å². The lowest BCUT2D eigenvalue weighted by molar-refractivity contribution is 0.384. The standard InChI is InChI=1S/C12H20N2S/c1-2-10-9-14-11(15-10)12(13)7-5-3-4-6-8-12/h9H,2-8,13H2,1H3. The molecule has 0 aromatic carbocycles. The third-order valence-electron chi connectivity index (χ3n) is 3.32.